The standard InChI is InChI=1S/C22H27FN4O3/c1-30-14-11-24-21(28)17-15-16(9-10-20(17)27-12-5-2-6-13-27)25-22(29)26-19-8-4-3-7-18(19)23/h3-4,7-10,15H,2,5-6,11-14H2,1H3,(H,24,28)(H2,25,26,29). The van der Waals surface area contributed by atoms with Gasteiger partial charge in [-0.05, 0) is 49.6 Å². The number of urea groups is 1. The van der Waals surface area contributed by atoms with Crippen LogP contribution in [0.3, 0.4) is 0 Å². The zero-order valence-corrected chi connectivity index (χ0v) is 17.0. The molecule has 0 radical (unpaired) electrons. The molecule has 3 amide bonds. The van der Waals surface area contributed by atoms with Gasteiger partial charge in [0.15, 0.2) is 0 Å². The summed E-state index contributed by atoms with van der Waals surface area (Å²) in [4.78, 5) is 27.3. The number of methoxy groups -OCH3 is 1. The second-order valence-electron chi connectivity index (χ2n) is 7.09. The predicted molar refractivity (Wildman–Crippen MR) is 116 cm³/mol. The molecular formula is C22H27FN4O3. The highest BCUT2D eigenvalue weighted by molar-refractivity contribution is 6.04. The number of nitrogens with zero attached hydrogens (tertiary/aromatic N) is 1. The summed E-state index contributed by atoms with van der Waals surface area (Å²) in [5, 5.41) is 7.98. The maximum Gasteiger partial charge on any atom is 0.323 e. The van der Waals surface area contributed by atoms with Gasteiger partial charge in [0, 0.05) is 38.1 Å². The SMILES string of the molecule is COCCNC(=O)c1cc(NC(=O)Nc2ccccc2F)ccc1N1CCCCC1. The van der Waals surface area contributed by atoms with Crippen LogP contribution in [0.5, 0.6) is 0 Å². The Morgan fingerprint density at radius 1 is 1.07 bits per heavy atom. The Bertz CT molecular complexity index is 884. The lowest BCUT2D eigenvalue weighted by Gasteiger charge is -2.30. The van der Waals surface area contributed by atoms with Crippen molar-refractivity contribution in [3.63, 3.8) is 0 Å². The molecule has 1 saturated heterocycles. The number of carbonyl (C=O) groups excluding carboxylic acids is 2. The number of amides is 3. The highest BCUT2D eigenvalue weighted by Gasteiger charge is 2.19. The summed E-state index contributed by atoms with van der Waals surface area (Å²) in [5.74, 6) is -0.753. The number of para-hydroxylation sites is 1. The molecule has 2 aromatic carbocycles. The molecule has 1 heterocycles. The Labute approximate surface area is 175 Å². The fourth-order valence-electron chi connectivity index (χ4n) is 3.42. The van der Waals surface area contributed by atoms with Crippen LogP contribution in [0.2, 0.25) is 0 Å². The molecule has 0 unspecified atom stereocenters. The van der Waals surface area contributed by atoms with Crippen molar-refractivity contribution in [2.24, 2.45) is 0 Å². The van der Waals surface area contributed by atoms with Crippen LogP contribution in [0.1, 0.15) is 29.6 Å². The molecule has 7 nitrogen and oxygen atoms in total. The Morgan fingerprint density at radius 2 is 1.83 bits per heavy atom. The lowest BCUT2D eigenvalue weighted by molar-refractivity contribution is 0.0937. The number of nitrogens with one attached hydrogen (secondary N) is 3. The first-order valence-corrected chi connectivity index (χ1v) is 10.1. The molecule has 0 aromatic heterocycles. The van der Waals surface area contributed by atoms with E-state index in [1.54, 1.807) is 31.4 Å². The van der Waals surface area contributed by atoms with E-state index in [0.717, 1.165) is 31.6 Å². The third-order valence-electron chi connectivity index (χ3n) is 4.91. The summed E-state index contributed by atoms with van der Waals surface area (Å²) in [6.07, 6.45) is 3.34. The Balaban J connectivity index is 1.77. The van der Waals surface area contributed by atoms with Crippen LogP contribution in [0, 0.1) is 5.82 Å². The number of ether oxygens (including phenoxy) is 1. The van der Waals surface area contributed by atoms with E-state index in [4.69, 9.17) is 4.74 Å². The molecule has 0 aliphatic carbocycles. The molecule has 0 saturated carbocycles. The van der Waals surface area contributed by atoms with Gasteiger partial charge >= 0.3 is 6.03 Å². The maximum atomic E-state index is 13.8. The van der Waals surface area contributed by atoms with Crippen molar-refractivity contribution in [1.82, 2.24) is 5.32 Å². The Morgan fingerprint density at radius 3 is 2.57 bits per heavy atom. The molecule has 0 spiro atoms. The third kappa shape index (κ3) is 5.70. The maximum absolute atomic E-state index is 13.8. The number of benzene rings is 2. The van der Waals surface area contributed by atoms with Gasteiger partial charge in [-0.3, -0.25) is 4.79 Å². The topological polar surface area (TPSA) is 82.7 Å². The zero-order chi connectivity index (χ0) is 21.3. The van der Waals surface area contributed by atoms with E-state index in [1.807, 2.05) is 6.07 Å². The van der Waals surface area contributed by atoms with E-state index in [9.17, 15) is 14.0 Å². The first-order chi connectivity index (χ1) is 14.6. The number of hydrogen-bond acceptors (Lipinski definition) is 4. The van der Waals surface area contributed by atoms with Gasteiger partial charge in [-0.1, -0.05) is 12.1 Å². The second-order valence-corrected chi connectivity index (χ2v) is 7.09. The molecule has 160 valence electrons. The second kappa shape index (κ2) is 10.6. The minimum atomic E-state index is -0.587. The molecule has 3 rings (SSSR count). The summed E-state index contributed by atoms with van der Waals surface area (Å²) in [6, 6.07) is 10.6. The van der Waals surface area contributed by atoms with Crippen molar-refractivity contribution >= 4 is 29.0 Å². The molecule has 8 heteroatoms. The van der Waals surface area contributed by atoms with E-state index in [1.165, 1.54) is 18.6 Å². The van der Waals surface area contributed by atoms with Crippen LogP contribution in [0.15, 0.2) is 42.5 Å². The zero-order valence-electron chi connectivity index (χ0n) is 17.0. The minimum Gasteiger partial charge on any atom is -0.383 e. The minimum absolute atomic E-state index is 0.0810. The van der Waals surface area contributed by atoms with Crippen LogP contribution < -0.4 is 20.9 Å². The molecule has 1 fully saturated rings. The van der Waals surface area contributed by atoms with Crippen molar-refractivity contribution in [3.05, 3.63) is 53.8 Å². The molecule has 3 N–H and O–H groups in total. The van der Waals surface area contributed by atoms with Crippen LogP contribution in [0.25, 0.3) is 0 Å². The molecule has 0 atom stereocenters. The number of piperidine rings is 1. The van der Waals surface area contributed by atoms with Crippen molar-refractivity contribution < 1.29 is 18.7 Å². The van der Waals surface area contributed by atoms with Crippen molar-refractivity contribution in [3.8, 4) is 0 Å². The summed E-state index contributed by atoms with van der Waals surface area (Å²) in [5.41, 5.74) is 1.85. The van der Waals surface area contributed by atoms with Crippen LogP contribution in [-0.2, 0) is 4.74 Å². The van der Waals surface area contributed by atoms with E-state index in [-0.39, 0.29) is 11.6 Å². The summed E-state index contributed by atoms with van der Waals surface area (Å²) in [6.45, 7) is 2.58. The fraction of sp³-hybridized carbons (Fsp3) is 0.364. The number of rotatable bonds is 7. The Kier molecular flexibility index (Phi) is 7.62. The fourth-order valence-corrected chi connectivity index (χ4v) is 3.42. The predicted octanol–water partition coefficient (Wildman–Crippen LogP) is 3.84. The molecule has 0 bridgehead atoms. The molecule has 1 aliphatic heterocycles. The van der Waals surface area contributed by atoms with Crippen LogP contribution in [-0.4, -0.2) is 45.3 Å². The van der Waals surface area contributed by atoms with Crippen LogP contribution in [0.4, 0.5) is 26.2 Å². The van der Waals surface area contributed by atoms with Crippen molar-refractivity contribution in [2.45, 2.75) is 19.3 Å². The molecule has 30 heavy (non-hydrogen) atoms. The Hall–Kier alpha value is -3.13. The normalized spacial score (nSPS) is 13.6. The van der Waals surface area contributed by atoms with E-state index in [2.05, 4.69) is 20.9 Å². The van der Waals surface area contributed by atoms with Gasteiger partial charge in [0.2, 0.25) is 0 Å². The van der Waals surface area contributed by atoms with Gasteiger partial charge in [-0.2, -0.15) is 0 Å². The van der Waals surface area contributed by atoms with Gasteiger partial charge in [0.25, 0.3) is 5.91 Å². The largest absolute Gasteiger partial charge is 0.383 e. The average Bonchev–Trinajstić information content (AvgIpc) is 2.76. The first kappa shape index (κ1) is 21.6. The lowest BCUT2D eigenvalue weighted by Crippen LogP contribution is -2.33. The molecule has 2 aromatic rings. The smallest absolute Gasteiger partial charge is 0.323 e. The van der Waals surface area contributed by atoms with E-state index >= 15 is 0 Å². The number of anilines is 3. The third-order valence-corrected chi connectivity index (χ3v) is 4.91. The van der Waals surface area contributed by atoms with Crippen LogP contribution >= 0.6 is 0 Å². The first-order valence-electron chi connectivity index (χ1n) is 10.1. The molecular weight excluding hydrogens is 387 g/mol. The highest BCUT2D eigenvalue weighted by atomic mass is 19.1. The lowest BCUT2D eigenvalue weighted by atomic mass is 10.1. The van der Waals surface area contributed by atoms with Gasteiger partial charge in [-0.25, -0.2) is 9.18 Å². The van der Waals surface area contributed by atoms with Crippen molar-refractivity contribution in [1.29, 1.82) is 0 Å². The van der Waals surface area contributed by atoms with Gasteiger partial charge in [0.05, 0.1) is 17.9 Å². The van der Waals surface area contributed by atoms with Gasteiger partial charge in [0.1, 0.15) is 5.82 Å². The van der Waals surface area contributed by atoms with Crippen molar-refractivity contribution in [2.75, 3.05) is 48.9 Å². The highest BCUT2D eigenvalue weighted by Crippen LogP contribution is 2.27. The quantitative estimate of drug-likeness (QED) is 0.602. The number of halogens is 1. The summed E-state index contributed by atoms with van der Waals surface area (Å²) in [7, 11) is 1.57. The van der Waals surface area contributed by atoms with E-state index < -0.39 is 11.8 Å². The number of carbonyl (C=O) groups is 2. The van der Waals surface area contributed by atoms with E-state index in [0.29, 0.717) is 24.4 Å². The average molecular weight is 414 g/mol. The van der Waals surface area contributed by atoms with Gasteiger partial charge < -0.3 is 25.6 Å². The molecule has 1 aliphatic rings. The summed E-state index contributed by atoms with van der Waals surface area (Å²) < 4.78 is 18.8. The monoisotopic (exact) mass is 414 g/mol. The number of hydrogen-bond donors (Lipinski definition) is 3. The summed E-state index contributed by atoms with van der Waals surface area (Å²) >= 11 is 0. The van der Waals surface area contributed by atoms with Gasteiger partial charge in [-0.15, -0.1) is 0 Å².